The third kappa shape index (κ3) is 5.63. The molecule has 0 radical (unpaired) electrons. The number of pyridine rings is 1. The van der Waals surface area contributed by atoms with Crippen molar-refractivity contribution in [3.63, 3.8) is 0 Å². The van der Waals surface area contributed by atoms with Crippen LogP contribution >= 0.6 is 11.3 Å². The van der Waals surface area contributed by atoms with Crippen molar-refractivity contribution in [2.45, 2.75) is 45.3 Å². The van der Waals surface area contributed by atoms with Gasteiger partial charge >= 0.3 is 6.18 Å². The number of amides is 1. The summed E-state index contributed by atoms with van der Waals surface area (Å²) >= 11 is 1.39. The third-order valence-electron chi connectivity index (χ3n) is 6.33. The second kappa shape index (κ2) is 10.3. The molecule has 1 fully saturated rings. The topological polar surface area (TPSA) is 58.1 Å². The van der Waals surface area contributed by atoms with Gasteiger partial charge in [-0.1, -0.05) is 25.5 Å². The maximum atomic E-state index is 13.7. The Balaban J connectivity index is 1.57. The van der Waals surface area contributed by atoms with E-state index in [1.54, 1.807) is 12.1 Å². The fraction of sp³-hybridized carbons (Fsp3) is 0.400. The molecule has 2 atom stereocenters. The smallest absolute Gasteiger partial charge is 0.368 e. The van der Waals surface area contributed by atoms with E-state index in [4.69, 9.17) is 0 Å². The zero-order chi connectivity index (χ0) is 25.2. The lowest BCUT2D eigenvalue weighted by molar-refractivity contribution is -0.137. The van der Waals surface area contributed by atoms with E-state index in [-0.39, 0.29) is 23.7 Å². The molecule has 35 heavy (non-hydrogen) atoms. The van der Waals surface area contributed by atoms with E-state index >= 15 is 0 Å². The molecule has 0 bridgehead atoms. The lowest BCUT2D eigenvalue weighted by Crippen LogP contribution is -2.51. The highest BCUT2D eigenvalue weighted by Gasteiger charge is 2.36. The molecular formula is C25H26F4N4OS. The highest BCUT2D eigenvalue weighted by Crippen LogP contribution is 2.34. The van der Waals surface area contributed by atoms with Crippen LogP contribution in [0.15, 0.2) is 42.6 Å². The number of likely N-dealkylation sites (tertiary alicyclic amines) is 1. The first kappa shape index (κ1) is 25.1. The van der Waals surface area contributed by atoms with Gasteiger partial charge in [0.05, 0.1) is 21.5 Å². The summed E-state index contributed by atoms with van der Waals surface area (Å²) in [6.45, 7) is 4.81. The maximum absolute atomic E-state index is 13.7. The monoisotopic (exact) mass is 506 g/mol. The van der Waals surface area contributed by atoms with Crippen molar-refractivity contribution in [2.75, 3.05) is 18.4 Å². The molecule has 3 heterocycles. The number of nitrogens with zero attached hydrogens (tertiary/aromatic N) is 3. The van der Waals surface area contributed by atoms with Crippen LogP contribution in [-0.2, 0) is 6.18 Å². The second-order valence-electron chi connectivity index (χ2n) is 8.60. The van der Waals surface area contributed by atoms with Crippen molar-refractivity contribution < 1.29 is 22.4 Å². The van der Waals surface area contributed by atoms with E-state index in [0.29, 0.717) is 29.5 Å². The molecule has 1 aliphatic rings. The quantitative estimate of drug-likeness (QED) is 0.392. The molecule has 186 valence electrons. The van der Waals surface area contributed by atoms with Crippen molar-refractivity contribution in [3.05, 3.63) is 64.7 Å². The van der Waals surface area contributed by atoms with Gasteiger partial charge in [0.15, 0.2) is 0 Å². The molecule has 4 rings (SSSR count). The Labute approximate surface area is 205 Å². The fourth-order valence-corrected chi connectivity index (χ4v) is 5.44. The molecule has 5 nitrogen and oxygen atoms in total. The van der Waals surface area contributed by atoms with E-state index in [1.165, 1.54) is 29.5 Å². The number of alkyl halides is 3. The predicted octanol–water partition coefficient (Wildman–Crippen LogP) is 6.41. The van der Waals surface area contributed by atoms with Crippen LogP contribution in [-0.4, -0.2) is 39.9 Å². The zero-order valence-electron chi connectivity index (χ0n) is 19.4. The molecule has 0 aliphatic carbocycles. The Kier molecular flexibility index (Phi) is 7.39. The summed E-state index contributed by atoms with van der Waals surface area (Å²) in [5, 5.41) is 3.86. The lowest BCUT2D eigenvalue weighted by Gasteiger charge is -2.41. The number of nitrogens with one attached hydrogen (secondary N) is 1. The van der Waals surface area contributed by atoms with Crippen LogP contribution in [0.4, 0.5) is 23.4 Å². The SMILES string of the molecule is CC[C@H]1CCCN(C(=O)c2nc(C)sc2-c2ccc(F)cc2)[C@H]1CNc1ccc(C(F)(F)F)cn1. The second-order valence-corrected chi connectivity index (χ2v) is 9.81. The minimum absolute atomic E-state index is 0.173. The molecule has 3 aromatic rings. The highest BCUT2D eigenvalue weighted by atomic mass is 32.1. The van der Waals surface area contributed by atoms with Crippen molar-refractivity contribution in [2.24, 2.45) is 5.92 Å². The molecule has 0 saturated carbocycles. The van der Waals surface area contributed by atoms with Crippen molar-refractivity contribution in [1.29, 1.82) is 0 Å². The van der Waals surface area contributed by atoms with E-state index in [0.717, 1.165) is 42.1 Å². The number of thiazole rings is 1. The van der Waals surface area contributed by atoms with Gasteiger partial charge in [0.1, 0.15) is 17.3 Å². The average molecular weight is 507 g/mol. The molecule has 1 N–H and O–H groups in total. The summed E-state index contributed by atoms with van der Waals surface area (Å²) in [7, 11) is 0. The Morgan fingerprint density at radius 1 is 1.20 bits per heavy atom. The largest absolute Gasteiger partial charge is 0.417 e. The van der Waals surface area contributed by atoms with Crippen LogP contribution in [0.25, 0.3) is 10.4 Å². The summed E-state index contributed by atoms with van der Waals surface area (Å²) < 4.78 is 52.0. The Bertz CT molecular complexity index is 1160. The minimum atomic E-state index is -4.45. The van der Waals surface area contributed by atoms with E-state index in [2.05, 4.69) is 22.2 Å². The first-order valence-electron chi connectivity index (χ1n) is 11.5. The Morgan fingerprint density at radius 2 is 1.94 bits per heavy atom. The van der Waals surface area contributed by atoms with Gasteiger partial charge in [-0.15, -0.1) is 11.3 Å². The van der Waals surface area contributed by atoms with Gasteiger partial charge in [0.2, 0.25) is 0 Å². The number of aromatic nitrogens is 2. The summed E-state index contributed by atoms with van der Waals surface area (Å²) in [5.41, 5.74) is 0.262. The normalized spacial score (nSPS) is 18.5. The van der Waals surface area contributed by atoms with Crippen molar-refractivity contribution in [1.82, 2.24) is 14.9 Å². The molecule has 1 aromatic carbocycles. The molecule has 1 saturated heterocycles. The molecule has 10 heteroatoms. The fourth-order valence-electron chi connectivity index (χ4n) is 4.52. The summed E-state index contributed by atoms with van der Waals surface area (Å²) in [4.78, 5) is 24.7. The predicted molar refractivity (Wildman–Crippen MR) is 128 cm³/mol. The van der Waals surface area contributed by atoms with Crippen LogP contribution in [0, 0.1) is 18.7 Å². The van der Waals surface area contributed by atoms with E-state index < -0.39 is 11.7 Å². The molecule has 0 spiro atoms. The maximum Gasteiger partial charge on any atom is 0.417 e. The van der Waals surface area contributed by atoms with Crippen LogP contribution < -0.4 is 5.32 Å². The van der Waals surface area contributed by atoms with Gasteiger partial charge in [-0.25, -0.2) is 14.4 Å². The standard InChI is InChI=1S/C25H26F4N4OS/c1-3-16-5-4-12-33(20(16)14-31-21-11-8-18(13-30-21)25(27,28)29)24(34)22-23(35-15(2)32-22)17-6-9-19(26)10-7-17/h6-11,13,16,20H,3-5,12,14H2,1-2H3,(H,30,31)/t16-,20-/m0/s1. The van der Waals surface area contributed by atoms with Gasteiger partial charge in [-0.3, -0.25) is 4.79 Å². The molecule has 0 unspecified atom stereocenters. The summed E-state index contributed by atoms with van der Waals surface area (Å²) in [5.74, 6) is -0.00215. The van der Waals surface area contributed by atoms with Crippen molar-refractivity contribution in [3.8, 4) is 10.4 Å². The third-order valence-corrected chi connectivity index (χ3v) is 7.35. The Hall–Kier alpha value is -3.01. The number of anilines is 1. The van der Waals surface area contributed by atoms with Crippen LogP contribution in [0.5, 0.6) is 0 Å². The number of halogens is 4. The molecular weight excluding hydrogens is 480 g/mol. The van der Waals surface area contributed by atoms with E-state index in [1.807, 2.05) is 11.8 Å². The van der Waals surface area contributed by atoms with Crippen LogP contribution in [0.3, 0.4) is 0 Å². The number of aryl methyl sites for hydroxylation is 1. The number of carbonyl (C=O) groups is 1. The first-order valence-corrected chi connectivity index (χ1v) is 12.3. The van der Waals surface area contributed by atoms with E-state index in [9.17, 15) is 22.4 Å². The first-order chi connectivity index (χ1) is 16.7. The number of rotatable bonds is 6. The van der Waals surface area contributed by atoms with Crippen LogP contribution in [0.2, 0.25) is 0 Å². The van der Waals surface area contributed by atoms with Gasteiger partial charge in [-0.2, -0.15) is 13.2 Å². The zero-order valence-corrected chi connectivity index (χ0v) is 20.2. The number of hydrogen-bond donors (Lipinski definition) is 1. The average Bonchev–Trinajstić information content (AvgIpc) is 3.23. The minimum Gasteiger partial charge on any atom is -0.368 e. The van der Waals surface area contributed by atoms with Gasteiger partial charge in [-0.05, 0) is 55.5 Å². The van der Waals surface area contributed by atoms with Gasteiger partial charge < -0.3 is 10.2 Å². The molecule has 1 aliphatic heterocycles. The van der Waals surface area contributed by atoms with Crippen molar-refractivity contribution >= 4 is 23.1 Å². The van der Waals surface area contributed by atoms with Gasteiger partial charge in [0.25, 0.3) is 5.91 Å². The van der Waals surface area contributed by atoms with Gasteiger partial charge in [0, 0.05) is 19.3 Å². The Morgan fingerprint density at radius 3 is 2.57 bits per heavy atom. The lowest BCUT2D eigenvalue weighted by atomic mass is 9.86. The summed E-state index contributed by atoms with van der Waals surface area (Å²) in [6, 6.07) is 8.11. The summed E-state index contributed by atoms with van der Waals surface area (Å²) in [6.07, 6.45) is -0.977. The molecule has 1 amide bonds. The number of carbonyl (C=O) groups excluding carboxylic acids is 1. The number of hydrogen-bond acceptors (Lipinski definition) is 5. The highest BCUT2D eigenvalue weighted by molar-refractivity contribution is 7.15. The number of benzene rings is 1. The number of piperidine rings is 1. The molecule has 2 aromatic heterocycles. The van der Waals surface area contributed by atoms with Crippen LogP contribution in [0.1, 0.15) is 47.2 Å².